The van der Waals surface area contributed by atoms with Crippen molar-refractivity contribution in [2.45, 2.75) is 32.9 Å². The van der Waals surface area contributed by atoms with E-state index in [9.17, 15) is 4.79 Å². The lowest BCUT2D eigenvalue weighted by Gasteiger charge is -2.13. The molecule has 9 heteroatoms. The highest BCUT2D eigenvalue weighted by Crippen LogP contribution is 2.24. The number of azide groups is 1. The molecule has 0 fully saturated rings. The predicted octanol–water partition coefficient (Wildman–Crippen LogP) is 3.82. The van der Waals surface area contributed by atoms with Crippen molar-refractivity contribution in [1.82, 2.24) is 0 Å². The first-order valence-electron chi connectivity index (χ1n) is 9.70. The van der Waals surface area contributed by atoms with E-state index in [-0.39, 0.29) is 0 Å². The summed E-state index contributed by atoms with van der Waals surface area (Å²) in [5.41, 5.74) is 10.5. The molecule has 1 aromatic rings. The highest BCUT2D eigenvalue weighted by Gasteiger charge is 2.16. The molecule has 0 aliphatic carbocycles. The van der Waals surface area contributed by atoms with Gasteiger partial charge in [-0.1, -0.05) is 31.1 Å². The van der Waals surface area contributed by atoms with Crippen molar-refractivity contribution in [2.24, 2.45) is 5.11 Å². The van der Waals surface area contributed by atoms with E-state index in [0.29, 0.717) is 57.4 Å². The average molecular weight is 409 g/mol. The molecule has 1 atom stereocenters. The minimum absolute atomic E-state index is 0.353. The van der Waals surface area contributed by atoms with E-state index >= 15 is 0 Å². The predicted molar refractivity (Wildman–Crippen MR) is 108 cm³/mol. The first kappa shape index (κ1) is 24.9. The van der Waals surface area contributed by atoms with Gasteiger partial charge in [0.2, 0.25) is 0 Å². The normalized spacial score (nSPS) is 11.7. The molecule has 9 nitrogen and oxygen atoms in total. The smallest absolute Gasteiger partial charge is 0.338 e. The first-order chi connectivity index (χ1) is 14.1. The van der Waals surface area contributed by atoms with Crippen LogP contribution in [0.5, 0.6) is 0 Å². The van der Waals surface area contributed by atoms with Crippen LogP contribution < -0.4 is 0 Å². The van der Waals surface area contributed by atoms with E-state index in [0.717, 1.165) is 18.6 Å². The van der Waals surface area contributed by atoms with Gasteiger partial charge in [0.05, 0.1) is 65.0 Å². The Morgan fingerprint density at radius 2 is 1.62 bits per heavy atom. The van der Waals surface area contributed by atoms with Crippen LogP contribution in [0.3, 0.4) is 0 Å². The topological polar surface area (TPSA) is 112 Å². The molecule has 0 aromatic heterocycles. The fourth-order valence-corrected chi connectivity index (χ4v) is 2.48. The van der Waals surface area contributed by atoms with Gasteiger partial charge in [-0.3, -0.25) is 0 Å². The second kappa shape index (κ2) is 15.7. The molecule has 0 bridgehead atoms. The summed E-state index contributed by atoms with van der Waals surface area (Å²) in [6.07, 6.45) is 1.01. The minimum atomic E-state index is -0.496. The third-order valence-electron chi connectivity index (χ3n) is 3.93. The zero-order valence-corrected chi connectivity index (χ0v) is 17.5. The first-order valence-corrected chi connectivity index (χ1v) is 9.70. The van der Waals surface area contributed by atoms with Crippen LogP contribution in [0.25, 0.3) is 10.4 Å². The molecule has 0 aliphatic rings. The molecular weight excluding hydrogens is 378 g/mol. The van der Waals surface area contributed by atoms with Crippen molar-refractivity contribution in [2.75, 3.05) is 53.4 Å². The van der Waals surface area contributed by atoms with E-state index < -0.39 is 12.0 Å². The maximum absolute atomic E-state index is 11.9. The quantitative estimate of drug-likeness (QED) is 0.135. The fraction of sp³-hybridized carbons (Fsp3) is 0.650. The van der Waals surface area contributed by atoms with Crippen LogP contribution in [0.2, 0.25) is 0 Å². The van der Waals surface area contributed by atoms with Crippen LogP contribution >= 0.6 is 0 Å². The van der Waals surface area contributed by atoms with Gasteiger partial charge < -0.3 is 23.7 Å². The molecule has 0 aliphatic heterocycles. The number of esters is 1. The van der Waals surface area contributed by atoms with Crippen LogP contribution in [-0.4, -0.2) is 59.3 Å². The summed E-state index contributed by atoms with van der Waals surface area (Å²) in [5.74, 6) is -0.472. The molecule has 0 spiro atoms. The fourth-order valence-electron chi connectivity index (χ4n) is 2.48. The number of benzene rings is 1. The lowest BCUT2D eigenvalue weighted by Crippen LogP contribution is -2.12. The summed E-state index contributed by atoms with van der Waals surface area (Å²) in [4.78, 5) is 14.7. The van der Waals surface area contributed by atoms with Crippen molar-refractivity contribution >= 4 is 5.97 Å². The largest absolute Gasteiger partial charge is 0.465 e. The Hall–Kier alpha value is -2.16. The zero-order chi connectivity index (χ0) is 21.3. The standard InChI is InChI=1S/C20H31N3O6/c1-4-7-26-8-9-27-10-11-28-12-13-29-15-17-5-6-18(20(24)25-3)19(14-17)16(2)22-23-21/h5-6,14,16H,4,7-13,15H2,1-3H3. The van der Waals surface area contributed by atoms with Gasteiger partial charge in [0.25, 0.3) is 0 Å². The molecule has 0 N–H and O–H groups in total. The van der Waals surface area contributed by atoms with Crippen LogP contribution in [0.1, 0.15) is 47.8 Å². The van der Waals surface area contributed by atoms with Gasteiger partial charge in [0.1, 0.15) is 0 Å². The molecule has 1 aromatic carbocycles. The molecule has 1 rings (SSSR count). The van der Waals surface area contributed by atoms with E-state index in [1.54, 1.807) is 25.1 Å². The summed E-state index contributed by atoms with van der Waals surface area (Å²) in [6, 6.07) is 4.74. The molecule has 0 heterocycles. The van der Waals surface area contributed by atoms with Crippen molar-refractivity contribution in [3.8, 4) is 0 Å². The zero-order valence-electron chi connectivity index (χ0n) is 17.5. The molecule has 0 saturated carbocycles. The lowest BCUT2D eigenvalue weighted by atomic mass is 9.99. The Balaban J connectivity index is 2.31. The molecule has 1 unspecified atom stereocenters. The number of carbonyl (C=O) groups is 1. The van der Waals surface area contributed by atoms with Crippen molar-refractivity contribution in [3.63, 3.8) is 0 Å². The number of hydrogen-bond donors (Lipinski definition) is 0. The molecule has 0 radical (unpaired) electrons. The summed E-state index contributed by atoms with van der Waals surface area (Å²) in [5, 5.41) is 3.67. The summed E-state index contributed by atoms with van der Waals surface area (Å²) < 4.78 is 26.5. The third-order valence-corrected chi connectivity index (χ3v) is 3.93. The average Bonchev–Trinajstić information content (AvgIpc) is 2.74. The highest BCUT2D eigenvalue weighted by atomic mass is 16.6. The second-order valence-electron chi connectivity index (χ2n) is 6.18. The van der Waals surface area contributed by atoms with Crippen LogP contribution in [-0.2, 0) is 30.3 Å². The summed E-state index contributed by atoms with van der Waals surface area (Å²) >= 11 is 0. The number of hydrogen-bond acceptors (Lipinski definition) is 7. The van der Waals surface area contributed by atoms with Gasteiger partial charge >= 0.3 is 5.97 Å². The number of methoxy groups -OCH3 is 1. The van der Waals surface area contributed by atoms with Crippen LogP contribution in [0.4, 0.5) is 0 Å². The van der Waals surface area contributed by atoms with E-state index in [1.807, 2.05) is 0 Å². The minimum Gasteiger partial charge on any atom is -0.465 e. The number of ether oxygens (including phenoxy) is 5. The molecular formula is C20H31N3O6. The van der Waals surface area contributed by atoms with Gasteiger partial charge in [-0.25, -0.2) is 4.79 Å². The van der Waals surface area contributed by atoms with E-state index in [1.165, 1.54) is 7.11 Å². The van der Waals surface area contributed by atoms with Gasteiger partial charge in [-0.2, -0.15) is 0 Å². The van der Waals surface area contributed by atoms with Crippen LogP contribution in [0, 0.1) is 0 Å². The Kier molecular flexibility index (Phi) is 13.5. The Labute approximate surface area is 171 Å². The third kappa shape index (κ3) is 10.3. The summed E-state index contributed by atoms with van der Waals surface area (Å²) in [7, 11) is 1.31. The van der Waals surface area contributed by atoms with Gasteiger partial charge in [0, 0.05) is 11.5 Å². The van der Waals surface area contributed by atoms with Crippen LogP contribution in [0.15, 0.2) is 23.3 Å². The number of carbonyl (C=O) groups excluding carboxylic acids is 1. The van der Waals surface area contributed by atoms with E-state index in [2.05, 4.69) is 16.9 Å². The maximum atomic E-state index is 11.9. The molecule has 162 valence electrons. The highest BCUT2D eigenvalue weighted by molar-refractivity contribution is 5.91. The van der Waals surface area contributed by atoms with Crippen molar-refractivity contribution in [3.05, 3.63) is 45.3 Å². The van der Waals surface area contributed by atoms with Crippen molar-refractivity contribution in [1.29, 1.82) is 0 Å². The number of rotatable bonds is 16. The number of nitrogens with zero attached hydrogens (tertiary/aromatic N) is 3. The molecule has 29 heavy (non-hydrogen) atoms. The lowest BCUT2D eigenvalue weighted by molar-refractivity contribution is -0.00402. The molecule has 0 amide bonds. The Morgan fingerprint density at radius 3 is 2.17 bits per heavy atom. The Bertz CT molecular complexity index is 649. The summed E-state index contributed by atoms with van der Waals surface area (Å²) in [6.45, 7) is 7.97. The van der Waals surface area contributed by atoms with Gasteiger partial charge in [-0.05, 0) is 29.1 Å². The van der Waals surface area contributed by atoms with Crippen molar-refractivity contribution < 1.29 is 28.5 Å². The maximum Gasteiger partial charge on any atom is 0.338 e. The molecule has 0 saturated heterocycles. The monoisotopic (exact) mass is 409 g/mol. The van der Waals surface area contributed by atoms with Gasteiger partial charge in [-0.15, -0.1) is 0 Å². The Morgan fingerprint density at radius 1 is 1.03 bits per heavy atom. The second-order valence-corrected chi connectivity index (χ2v) is 6.18. The van der Waals surface area contributed by atoms with Gasteiger partial charge in [0.15, 0.2) is 0 Å². The SMILES string of the molecule is CCCOCCOCCOCCOCc1ccc(C(=O)OC)c(C(C)N=[N+]=[N-])c1. The van der Waals surface area contributed by atoms with E-state index in [4.69, 9.17) is 29.2 Å².